The molecule has 5 rings (SSSR count). The molecule has 1 aliphatic carbocycles. The Morgan fingerprint density at radius 3 is 2.29 bits per heavy atom. The van der Waals surface area contributed by atoms with Crippen molar-refractivity contribution >= 4 is 40.8 Å². The maximum absolute atomic E-state index is 14.0. The quantitative estimate of drug-likeness (QED) is 0.649. The van der Waals surface area contributed by atoms with Crippen LogP contribution >= 0.6 is 23.2 Å². The van der Waals surface area contributed by atoms with Gasteiger partial charge in [-0.25, -0.2) is 9.69 Å². The van der Waals surface area contributed by atoms with Crippen molar-refractivity contribution in [1.29, 1.82) is 5.26 Å². The summed E-state index contributed by atoms with van der Waals surface area (Å²) < 4.78 is 0. The summed E-state index contributed by atoms with van der Waals surface area (Å²) in [6.07, 6.45) is 2.21. The Balaban J connectivity index is 1.60. The van der Waals surface area contributed by atoms with E-state index in [4.69, 9.17) is 28.5 Å². The SMILES string of the molecule is CN1C(=O)N(c2cc(Cl)cc(Cl)c2)C(=O)[C@]12CN(C1CC1)C[C@@H]2c1ccc(C#N)cc1. The lowest BCUT2D eigenvalue weighted by Crippen LogP contribution is -2.53. The number of hydrogen-bond donors (Lipinski definition) is 0. The van der Waals surface area contributed by atoms with Crippen LogP contribution in [0.3, 0.4) is 0 Å². The van der Waals surface area contributed by atoms with Gasteiger partial charge in [0.1, 0.15) is 5.54 Å². The van der Waals surface area contributed by atoms with Crippen LogP contribution in [-0.4, -0.2) is 53.5 Å². The Morgan fingerprint density at radius 2 is 1.71 bits per heavy atom. The summed E-state index contributed by atoms with van der Waals surface area (Å²) in [6, 6.07) is 14.2. The number of halogens is 2. The van der Waals surface area contributed by atoms with E-state index in [2.05, 4.69) is 11.0 Å². The molecule has 0 N–H and O–H groups in total. The number of carbonyl (C=O) groups is 2. The smallest absolute Gasteiger partial charge is 0.310 e. The number of nitriles is 1. The summed E-state index contributed by atoms with van der Waals surface area (Å²) in [5.41, 5.74) is 0.857. The van der Waals surface area contributed by atoms with E-state index in [0.717, 1.165) is 18.4 Å². The largest absolute Gasteiger partial charge is 0.332 e. The molecule has 2 aromatic rings. The van der Waals surface area contributed by atoms with E-state index in [1.807, 2.05) is 12.1 Å². The first-order chi connectivity index (χ1) is 14.8. The van der Waals surface area contributed by atoms with Gasteiger partial charge in [0, 0.05) is 42.1 Å². The van der Waals surface area contributed by atoms with Crippen molar-refractivity contribution in [3.05, 3.63) is 63.6 Å². The Labute approximate surface area is 190 Å². The lowest BCUT2D eigenvalue weighted by atomic mass is 9.80. The summed E-state index contributed by atoms with van der Waals surface area (Å²) in [5, 5.41) is 9.88. The molecule has 2 heterocycles. The van der Waals surface area contributed by atoms with E-state index in [1.54, 1.807) is 42.3 Å². The van der Waals surface area contributed by atoms with Crippen LogP contribution in [0, 0.1) is 11.3 Å². The van der Waals surface area contributed by atoms with Crippen LogP contribution < -0.4 is 4.90 Å². The summed E-state index contributed by atoms with van der Waals surface area (Å²) in [7, 11) is 1.69. The Hall–Kier alpha value is -2.59. The predicted molar refractivity (Wildman–Crippen MR) is 118 cm³/mol. The molecule has 2 aliphatic heterocycles. The van der Waals surface area contributed by atoms with Gasteiger partial charge in [-0.15, -0.1) is 0 Å². The molecule has 0 aromatic heterocycles. The summed E-state index contributed by atoms with van der Waals surface area (Å²) in [4.78, 5) is 32.4. The van der Waals surface area contributed by atoms with Crippen LogP contribution in [0.1, 0.15) is 29.9 Å². The predicted octanol–water partition coefficient (Wildman–Crippen LogP) is 4.26. The van der Waals surface area contributed by atoms with Gasteiger partial charge in [0.05, 0.1) is 17.3 Å². The van der Waals surface area contributed by atoms with E-state index in [9.17, 15) is 9.59 Å². The Morgan fingerprint density at radius 1 is 1.06 bits per heavy atom. The first kappa shape index (κ1) is 20.3. The third-order valence-corrected chi connectivity index (χ3v) is 7.14. The topological polar surface area (TPSA) is 67.7 Å². The molecule has 158 valence electrons. The van der Waals surface area contributed by atoms with E-state index in [1.165, 1.54) is 4.90 Å². The van der Waals surface area contributed by atoms with Crippen molar-refractivity contribution in [3.8, 4) is 6.07 Å². The molecule has 2 saturated heterocycles. The van der Waals surface area contributed by atoms with Crippen molar-refractivity contribution in [1.82, 2.24) is 9.80 Å². The van der Waals surface area contributed by atoms with Gasteiger partial charge in [-0.3, -0.25) is 9.69 Å². The van der Waals surface area contributed by atoms with Crippen LogP contribution in [-0.2, 0) is 4.79 Å². The van der Waals surface area contributed by atoms with E-state index < -0.39 is 5.54 Å². The minimum absolute atomic E-state index is 0.207. The third-order valence-electron chi connectivity index (χ3n) is 6.70. The van der Waals surface area contributed by atoms with Gasteiger partial charge in [0.25, 0.3) is 5.91 Å². The molecule has 2 aromatic carbocycles. The molecule has 0 unspecified atom stereocenters. The van der Waals surface area contributed by atoms with Crippen molar-refractivity contribution < 1.29 is 9.59 Å². The zero-order valence-corrected chi connectivity index (χ0v) is 18.4. The first-order valence-electron chi connectivity index (χ1n) is 10.2. The fraction of sp³-hybridized carbons (Fsp3) is 0.348. The number of likely N-dealkylation sites (tertiary alicyclic amines) is 1. The van der Waals surface area contributed by atoms with Crippen molar-refractivity contribution in [2.75, 3.05) is 25.0 Å². The minimum atomic E-state index is -1.03. The molecule has 0 radical (unpaired) electrons. The maximum atomic E-state index is 14.0. The summed E-state index contributed by atoms with van der Waals surface area (Å²) in [6.45, 7) is 1.16. The van der Waals surface area contributed by atoms with Crippen LogP contribution in [0.2, 0.25) is 10.0 Å². The number of rotatable bonds is 3. The molecule has 3 amide bonds. The third kappa shape index (κ3) is 3.11. The molecular formula is C23H20Cl2N4O2. The Kier molecular flexibility index (Phi) is 4.74. The van der Waals surface area contributed by atoms with Gasteiger partial charge in [0.2, 0.25) is 0 Å². The fourth-order valence-electron chi connectivity index (χ4n) is 4.96. The van der Waals surface area contributed by atoms with E-state index >= 15 is 0 Å². The average molecular weight is 455 g/mol. The second-order valence-electron chi connectivity index (χ2n) is 8.48. The number of amides is 3. The van der Waals surface area contributed by atoms with Crippen LogP contribution in [0.5, 0.6) is 0 Å². The highest BCUT2D eigenvalue weighted by molar-refractivity contribution is 6.35. The van der Waals surface area contributed by atoms with Gasteiger partial charge >= 0.3 is 6.03 Å². The number of benzene rings is 2. The maximum Gasteiger partial charge on any atom is 0.332 e. The van der Waals surface area contributed by atoms with Crippen LogP contribution in [0.25, 0.3) is 0 Å². The average Bonchev–Trinajstić information content (AvgIpc) is 3.49. The molecule has 3 aliphatic rings. The normalized spacial score (nSPS) is 26.2. The number of anilines is 1. The molecule has 31 heavy (non-hydrogen) atoms. The zero-order valence-electron chi connectivity index (χ0n) is 16.9. The molecule has 1 saturated carbocycles. The van der Waals surface area contributed by atoms with Crippen LogP contribution in [0.4, 0.5) is 10.5 Å². The van der Waals surface area contributed by atoms with Crippen LogP contribution in [0.15, 0.2) is 42.5 Å². The highest BCUT2D eigenvalue weighted by Crippen LogP contribution is 2.49. The van der Waals surface area contributed by atoms with Gasteiger partial charge < -0.3 is 4.90 Å². The molecule has 1 spiro atoms. The minimum Gasteiger partial charge on any atom is -0.310 e. The Bertz CT molecular complexity index is 1110. The molecule has 0 bridgehead atoms. The molecular weight excluding hydrogens is 435 g/mol. The second-order valence-corrected chi connectivity index (χ2v) is 9.35. The monoisotopic (exact) mass is 454 g/mol. The van der Waals surface area contributed by atoms with Gasteiger partial charge in [0.15, 0.2) is 0 Å². The van der Waals surface area contributed by atoms with E-state index in [0.29, 0.717) is 40.4 Å². The highest BCUT2D eigenvalue weighted by Gasteiger charge is 2.65. The summed E-state index contributed by atoms with van der Waals surface area (Å²) in [5.74, 6) is -0.474. The first-order valence-corrected chi connectivity index (χ1v) is 10.9. The lowest BCUT2D eigenvalue weighted by molar-refractivity contribution is -0.124. The van der Waals surface area contributed by atoms with Crippen molar-refractivity contribution in [2.45, 2.75) is 30.3 Å². The zero-order chi connectivity index (χ0) is 21.9. The van der Waals surface area contributed by atoms with Crippen molar-refractivity contribution in [2.24, 2.45) is 0 Å². The number of urea groups is 1. The molecule has 6 nitrogen and oxygen atoms in total. The van der Waals surface area contributed by atoms with Gasteiger partial charge in [-0.1, -0.05) is 35.3 Å². The number of hydrogen-bond acceptors (Lipinski definition) is 4. The van der Waals surface area contributed by atoms with Crippen molar-refractivity contribution in [3.63, 3.8) is 0 Å². The van der Waals surface area contributed by atoms with E-state index in [-0.39, 0.29) is 17.9 Å². The molecule has 2 atom stereocenters. The summed E-state index contributed by atoms with van der Waals surface area (Å²) >= 11 is 12.3. The highest BCUT2D eigenvalue weighted by atomic mass is 35.5. The second kappa shape index (κ2) is 7.23. The lowest BCUT2D eigenvalue weighted by Gasteiger charge is -2.34. The van der Waals surface area contributed by atoms with Gasteiger partial charge in [-0.05, 0) is 48.7 Å². The number of likely N-dealkylation sites (N-methyl/N-ethyl adjacent to an activating group) is 1. The number of carbonyl (C=O) groups excluding carboxylic acids is 2. The molecule has 3 fully saturated rings. The number of imide groups is 1. The standard InChI is InChI=1S/C23H20Cl2N4O2/c1-27-22(31)29(19-9-16(24)8-17(25)10-19)21(30)23(27)13-28(18-6-7-18)12-20(23)15-4-2-14(11-26)3-5-15/h2-5,8-10,18,20H,6-7,12-13H2,1H3/t20-,23-/m1/s1. The fourth-order valence-corrected chi connectivity index (χ4v) is 5.47. The number of nitrogens with zero attached hydrogens (tertiary/aromatic N) is 4. The molecule has 8 heteroatoms. The van der Waals surface area contributed by atoms with Gasteiger partial charge in [-0.2, -0.15) is 5.26 Å².